The lowest BCUT2D eigenvalue weighted by Crippen LogP contribution is -2.60. The van der Waals surface area contributed by atoms with Crippen LogP contribution in [0.1, 0.15) is 13.8 Å². The smallest absolute Gasteiger partial charge is 0.250 e. The highest BCUT2D eigenvalue weighted by molar-refractivity contribution is 6.36. The van der Waals surface area contributed by atoms with Crippen molar-refractivity contribution >= 4 is 40.7 Å². The monoisotopic (exact) mass is 300 g/mol. The summed E-state index contributed by atoms with van der Waals surface area (Å²) >= 11 is 12.0. The van der Waals surface area contributed by atoms with Gasteiger partial charge in [-0.25, -0.2) is 0 Å². The summed E-state index contributed by atoms with van der Waals surface area (Å²) in [5.74, 6) is -0.356. The molecule has 0 bridgehead atoms. The molecular weight excluding hydrogens is 287 g/mol. The Bertz CT molecular complexity index is 531. The van der Waals surface area contributed by atoms with E-state index in [9.17, 15) is 9.59 Å². The summed E-state index contributed by atoms with van der Waals surface area (Å²) in [7, 11) is 0. The molecule has 0 aromatic heterocycles. The van der Waals surface area contributed by atoms with Gasteiger partial charge in [-0.2, -0.15) is 0 Å². The molecule has 1 N–H and O–H groups in total. The summed E-state index contributed by atoms with van der Waals surface area (Å²) in [5, 5.41) is 3.56. The summed E-state index contributed by atoms with van der Waals surface area (Å²) in [4.78, 5) is 25.5. The zero-order valence-electron chi connectivity index (χ0n) is 10.6. The molecule has 1 aromatic carbocycles. The first-order valence-corrected chi connectivity index (χ1v) is 6.71. The van der Waals surface area contributed by atoms with Crippen molar-refractivity contribution in [2.45, 2.75) is 19.9 Å². The van der Waals surface area contributed by atoms with Crippen molar-refractivity contribution in [1.29, 1.82) is 0 Å². The Hall–Kier alpha value is -1.26. The summed E-state index contributed by atoms with van der Waals surface area (Å²) in [6.45, 7) is 3.72. The predicted molar refractivity (Wildman–Crippen MR) is 75.6 cm³/mol. The molecule has 0 aliphatic carbocycles. The molecule has 1 aliphatic rings. The van der Waals surface area contributed by atoms with Crippen molar-refractivity contribution in [3.63, 3.8) is 0 Å². The highest BCUT2D eigenvalue weighted by Crippen LogP contribution is 2.30. The maximum absolute atomic E-state index is 12.4. The molecule has 1 saturated heterocycles. The van der Waals surface area contributed by atoms with Gasteiger partial charge in [-0.05, 0) is 24.1 Å². The molecule has 0 spiro atoms. The molecule has 2 rings (SSSR count). The Balaban J connectivity index is 2.40. The van der Waals surface area contributed by atoms with Gasteiger partial charge in [0.05, 0.1) is 10.7 Å². The molecule has 4 nitrogen and oxygen atoms in total. The van der Waals surface area contributed by atoms with E-state index in [1.807, 2.05) is 13.8 Å². The number of carbonyl (C=O) groups excluding carboxylic acids is 2. The van der Waals surface area contributed by atoms with Crippen LogP contribution >= 0.6 is 23.2 Å². The number of hydrogen-bond donors (Lipinski definition) is 1. The van der Waals surface area contributed by atoms with E-state index in [0.717, 1.165) is 0 Å². The molecule has 6 heteroatoms. The number of nitrogens with one attached hydrogen (secondary N) is 1. The van der Waals surface area contributed by atoms with Gasteiger partial charge in [0.15, 0.2) is 0 Å². The Labute approximate surface area is 121 Å². The summed E-state index contributed by atoms with van der Waals surface area (Å²) in [6.07, 6.45) is 0. The summed E-state index contributed by atoms with van der Waals surface area (Å²) in [6, 6.07) is 4.32. The minimum Gasteiger partial charge on any atom is -0.342 e. The Morgan fingerprint density at radius 1 is 1.32 bits per heavy atom. The molecule has 102 valence electrons. The van der Waals surface area contributed by atoms with Crippen molar-refractivity contribution in [2.24, 2.45) is 5.92 Å². The number of nitrogens with zero attached hydrogens (tertiary/aromatic N) is 1. The molecule has 0 radical (unpaired) electrons. The Morgan fingerprint density at radius 2 is 2.00 bits per heavy atom. The number of amides is 2. The average molecular weight is 301 g/mol. The minimum absolute atomic E-state index is 0.0113. The van der Waals surface area contributed by atoms with Gasteiger partial charge in [-0.15, -0.1) is 0 Å². The number of halogens is 2. The first-order valence-electron chi connectivity index (χ1n) is 5.96. The number of carbonyl (C=O) groups is 2. The average Bonchev–Trinajstić information content (AvgIpc) is 2.34. The van der Waals surface area contributed by atoms with Crippen LogP contribution in [-0.4, -0.2) is 24.4 Å². The van der Waals surface area contributed by atoms with Crippen molar-refractivity contribution < 1.29 is 9.59 Å². The van der Waals surface area contributed by atoms with Gasteiger partial charge in [-0.1, -0.05) is 37.0 Å². The first-order chi connectivity index (χ1) is 8.90. The maximum atomic E-state index is 12.4. The second-order valence-electron chi connectivity index (χ2n) is 4.81. The van der Waals surface area contributed by atoms with E-state index >= 15 is 0 Å². The zero-order valence-corrected chi connectivity index (χ0v) is 12.1. The fourth-order valence-electron chi connectivity index (χ4n) is 2.02. The number of piperazine rings is 1. The number of benzene rings is 1. The van der Waals surface area contributed by atoms with E-state index in [1.165, 1.54) is 4.90 Å². The fraction of sp³-hybridized carbons (Fsp3) is 0.385. The van der Waals surface area contributed by atoms with Crippen LogP contribution in [-0.2, 0) is 9.59 Å². The van der Waals surface area contributed by atoms with Crippen LogP contribution in [0.2, 0.25) is 10.0 Å². The summed E-state index contributed by atoms with van der Waals surface area (Å²) < 4.78 is 0. The quantitative estimate of drug-likeness (QED) is 0.912. The number of rotatable bonds is 2. The molecule has 0 saturated carbocycles. The lowest BCUT2D eigenvalue weighted by Gasteiger charge is -2.34. The Kier molecular flexibility index (Phi) is 4.02. The zero-order chi connectivity index (χ0) is 14.2. The highest BCUT2D eigenvalue weighted by atomic mass is 35.5. The van der Waals surface area contributed by atoms with Gasteiger partial charge in [0, 0.05) is 5.02 Å². The normalized spacial score (nSPS) is 19.8. The second-order valence-corrected chi connectivity index (χ2v) is 5.65. The molecule has 1 heterocycles. The van der Waals surface area contributed by atoms with Gasteiger partial charge in [0.25, 0.3) is 0 Å². The van der Waals surface area contributed by atoms with Crippen molar-refractivity contribution in [2.75, 3.05) is 11.4 Å². The van der Waals surface area contributed by atoms with Crippen molar-refractivity contribution in [3.05, 3.63) is 28.2 Å². The minimum atomic E-state index is -0.531. The Morgan fingerprint density at radius 3 is 2.63 bits per heavy atom. The van der Waals surface area contributed by atoms with Gasteiger partial charge in [-0.3, -0.25) is 14.5 Å². The van der Waals surface area contributed by atoms with Crippen LogP contribution < -0.4 is 10.2 Å². The van der Waals surface area contributed by atoms with Crippen LogP contribution in [0.4, 0.5) is 5.69 Å². The topological polar surface area (TPSA) is 49.4 Å². The van der Waals surface area contributed by atoms with Gasteiger partial charge in [0.2, 0.25) is 11.8 Å². The maximum Gasteiger partial charge on any atom is 0.250 e. The van der Waals surface area contributed by atoms with Crippen LogP contribution in [0, 0.1) is 5.92 Å². The van der Waals surface area contributed by atoms with E-state index in [1.54, 1.807) is 18.2 Å². The highest BCUT2D eigenvalue weighted by Gasteiger charge is 2.36. The molecule has 19 heavy (non-hydrogen) atoms. The largest absolute Gasteiger partial charge is 0.342 e. The van der Waals surface area contributed by atoms with Crippen LogP contribution in [0.3, 0.4) is 0 Å². The van der Waals surface area contributed by atoms with Crippen LogP contribution in [0.15, 0.2) is 18.2 Å². The molecule has 1 fully saturated rings. The van der Waals surface area contributed by atoms with Crippen LogP contribution in [0.5, 0.6) is 0 Å². The van der Waals surface area contributed by atoms with Gasteiger partial charge >= 0.3 is 0 Å². The lowest BCUT2D eigenvalue weighted by atomic mass is 10.0. The standard InChI is InChI=1S/C13H14Cl2N2O2/c1-7(2)12-13(19)17(6-11(18)16-12)10-5-8(14)3-4-9(10)15/h3-5,7,12H,6H2,1-2H3,(H,16,18). The van der Waals surface area contributed by atoms with Gasteiger partial charge in [0.1, 0.15) is 12.6 Å². The molecule has 1 atom stereocenters. The first kappa shape index (κ1) is 14.2. The molecule has 1 aliphatic heterocycles. The van der Waals surface area contributed by atoms with E-state index in [0.29, 0.717) is 15.7 Å². The van der Waals surface area contributed by atoms with Crippen molar-refractivity contribution in [1.82, 2.24) is 5.32 Å². The number of anilines is 1. The fourth-order valence-corrected chi connectivity index (χ4v) is 2.40. The predicted octanol–water partition coefficient (Wildman–Crippen LogP) is 2.48. The van der Waals surface area contributed by atoms with Crippen LogP contribution in [0.25, 0.3) is 0 Å². The third-order valence-corrected chi connectivity index (χ3v) is 3.57. The third-order valence-electron chi connectivity index (χ3n) is 3.02. The molecule has 2 amide bonds. The second kappa shape index (κ2) is 5.39. The SMILES string of the molecule is CC(C)C1NC(=O)CN(c2cc(Cl)ccc2Cl)C1=O. The van der Waals surface area contributed by atoms with E-state index in [2.05, 4.69) is 5.32 Å². The molecule has 1 aromatic rings. The lowest BCUT2D eigenvalue weighted by molar-refractivity contribution is -0.132. The van der Waals surface area contributed by atoms with E-state index in [4.69, 9.17) is 23.2 Å². The van der Waals surface area contributed by atoms with E-state index < -0.39 is 6.04 Å². The number of hydrogen-bond acceptors (Lipinski definition) is 2. The third kappa shape index (κ3) is 2.85. The van der Waals surface area contributed by atoms with Crippen molar-refractivity contribution in [3.8, 4) is 0 Å². The molecular formula is C13H14Cl2N2O2. The van der Waals surface area contributed by atoms with Gasteiger partial charge < -0.3 is 5.32 Å². The summed E-state index contributed by atoms with van der Waals surface area (Å²) in [5.41, 5.74) is 0.472. The molecule has 1 unspecified atom stereocenters. The van der Waals surface area contributed by atoms with E-state index in [-0.39, 0.29) is 24.3 Å².